The highest BCUT2D eigenvalue weighted by atomic mass is 16.5. The maximum Gasteiger partial charge on any atom is 0.343 e. The van der Waals surface area contributed by atoms with E-state index < -0.39 is 5.97 Å². The van der Waals surface area contributed by atoms with E-state index in [1.54, 1.807) is 48.5 Å². The minimum absolute atomic E-state index is 0.114. The van der Waals surface area contributed by atoms with Gasteiger partial charge in [-0.3, -0.25) is 14.5 Å². The van der Waals surface area contributed by atoms with Crippen LogP contribution in [-0.2, 0) is 9.59 Å². The zero-order valence-electron chi connectivity index (χ0n) is 15.1. The minimum Gasteiger partial charge on any atom is -0.423 e. The Morgan fingerprint density at radius 1 is 0.926 bits per heavy atom. The van der Waals surface area contributed by atoms with Crippen molar-refractivity contribution in [1.29, 1.82) is 0 Å². The van der Waals surface area contributed by atoms with Crippen LogP contribution in [0.15, 0.2) is 54.6 Å². The standard InChI is InChI=1S/C22H21NO4/c1-14-7-12-18-19(13-14)21(25)23(20(18)24)16-10-8-15(9-11-16)22(26)27-17-5-3-2-4-6-17/h2-6,8-11,14,18-19H,7,12-13H2,1H3. The average molecular weight is 363 g/mol. The van der Waals surface area contributed by atoms with Gasteiger partial charge in [0.15, 0.2) is 0 Å². The molecule has 2 aromatic carbocycles. The molecule has 3 unspecified atom stereocenters. The minimum atomic E-state index is -0.477. The van der Waals surface area contributed by atoms with Crippen LogP contribution in [0.2, 0.25) is 0 Å². The number of imide groups is 1. The van der Waals surface area contributed by atoms with E-state index in [0.717, 1.165) is 19.3 Å². The second-order valence-corrected chi connectivity index (χ2v) is 7.39. The van der Waals surface area contributed by atoms with Gasteiger partial charge in [-0.05, 0) is 61.6 Å². The van der Waals surface area contributed by atoms with Crippen molar-refractivity contribution in [1.82, 2.24) is 0 Å². The number of nitrogens with zero attached hydrogens (tertiary/aromatic N) is 1. The number of hydrogen-bond donors (Lipinski definition) is 0. The van der Waals surface area contributed by atoms with E-state index in [0.29, 0.717) is 22.9 Å². The van der Waals surface area contributed by atoms with Crippen molar-refractivity contribution in [3.63, 3.8) is 0 Å². The molecule has 4 rings (SSSR count). The molecule has 0 aromatic heterocycles. The van der Waals surface area contributed by atoms with Crippen molar-refractivity contribution in [2.75, 3.05) is 4.90 Å². The summed E-state index contributed by atoms with van der Waals surface area (Å²) in [6.07, 6.45) is 2.53. The van der Waals surface area contributed by atoms with E-state index >= 15 is 0 Å². The second kappa shape index (κ2) is 6.99. The molecule has 0 spiro atoms. The quantitative estimate of drug-likeness (QED) is 0.472. The molecule has 2 amide bonds. The van der Waals surface area contributed by atoms with Gasteiger partial charge in [0, 0.05) is 0 Å². The lowest BCUT2D eigenvalue weighted by molar-refractivity contribution is -0.122. The number of rotatable bonds is 3. The highest BCUT2D eigenvalue weighted by molar-refractivity contribution is 6.22. The van der Waals surface area contributed by atoms with Crippen LogP contribution in [0.4, 0.5) is 5.69 Å². The normalized spacial score (nSPS) is 24.6. The molecule has 5 heteroatoms. The van der Waals surface area contributed by atoms with Crippen LogP contribution in [0, 0.1) is 17.8 Å². The molecule has 5 nitrogen and oxygen atoms in total. The first-order chi connectivity index (χ1) is 13.0. The van der Waals surface area contributed by atoms with Crippen molar-refractivity contribution >= 4 is 23.5 Å². The van der Waals surface area contributed by atoms with Crippen LogP contribution in [0.1, 0.15) is 36.5 Å². The summed E-state index contributed by atoms with van der Waals surface area (Å²) in [5, 5.41) is 0. The molecule has 27 heavy (non-hydrogen) atoms. The molecule has 3 atom stereocenters. The van der Waals surface area contributed by atoms with Crippen LogP contribution in [0.3, 0.4) is 0 Å². The SMILES string of the molecule is CC1CCC2C(=O)N(c3ccc(C(=O)Oc4ccccc4)cc3)C(=O)C2C1. The van der Waals surface area contributed by atoms with E-state index in [-0.39, 0.29) is 23.7 Å². The number of para-hydroxylation sites is 1. The predicted molar refractivity (Wildman–Crippen MR) is 100 cm³/mol. The van der Waals surface area contributed by atoms with Gasteiger partial charge in [-0.2, -0.15) is 0 Å². The summed E-state index contributed by atoms with van der Waals surface area (Å²) in [7, 11) is 0. The smallest absolute Gasteiger partial charge is 0.343 e. The van der Waals surface area contributed by atoms with Gasteiger partial charge in [-0.1, -0.05) is 25.1 Å². The molecule has 1 aliphatic heterocycles. The van der Waals surface area contributed by atoms with Crippen molar-refractivity contribution < 1.29 is 19.1 Å². The monoisotopic (exact) mass is 363 g/mol. The molecular weight excluding hydrogens is 342 g/mol. The third kappa shape index (κ3) is 3.25. The Balaban J connectivity index is 1.51. The molecule has 2 aliphatic rings. The second-order valence-electron chi connectivity index (χ2n) is 7.39. The average Bonchev–Trinajstić information content (AvgIpc) is 2.92. The molecule has 1 saturated carbocycles. The first-order valence-corrected chi connectivity index (χ1v) is 9.29. The molecule has 2 fully saturated rings. The van der Waals surface area contributed by atoms with Gasteiger partial charge >= 0.3 is 5.97 Å². The first kappa shape index (κ1) is 17.5. The van der Waals surface area contributed by atoms with Gasteiger partial charge in [-0.15, -0.1) is 0 Å². The van der Waals surface area contributed by atoms with Gasteiger partial charge in [0.1, 0.15) is 5.75 Å². The van der Waals surface area contributed by atoms with E-state index in [1.807, 2.05) is 6.07 Å². The Morgan fingerprint density at radius 2 is 1.59 bits per heavy atom. The number of amides is 2. The number of fused-ring (bicyclic) bond motifs is 1. The number of carbonyl (C=O) groups is 3. The topological polar surface area (TPSA) is 63.7 Å². The Kier molecular flexibility index (Phi) is 4.52. The lowest BCUT2D eigenvalue weighted by Gasteiger charge is -2.25. The fourth-order valence-electron chi connectivity index (χ4n) is 4.05. The molecule has 0 N–H and O–H groups in total. The molecule has 1 heterocycles. The summed E-state index contributed by atoms with van der Waals surface area (Å²) in [6.45, 7) is 2.13. The summed E-state index contributed by atoms with van der Waals surface area (Å²) < 4.78 is 5.31. The van der Waals surface area contributed by atoms with Gasteiger partial charge < -0.3 is 4.74 Å². The Hall–Kier alpha value is -2.95. The van der Waals surface area contributed by atoms with Crippen molar-refractivity contribution in [3.8, 4) is 5.75 Å². The van der Waals surface area contributed by atoms with E-state index in [9.17, 15) is 14.4 Å². The maximum absolute atomic E-state index is 12.8. The molecule has 0 radical (unpaired) electrons. The van der Waals surface area contributed by atoms with Crippen molar-refractivity contribution in [2.45, 2.75) is 26.2 Å². The molecule has 2 aromatic rings. The summed E-state index contributed by atoms with van der Waals surface area (Å²) in [5.41, 5.74) is 0.885. The fourth-order valence-corrected chi connectivity index (χ4v) is 4.05. The summed E-state index contributed by atoms with van der Waals surface area (Å²) in [6, 6.07) is 15.3. The molecular formula is C22H21NO4. The Bertz CT molecular complexity index is 875. The summed E-state index contributed by atoms with van der Waals surface area (Å²) >= 11 is 0. The van der Waals surface area contributed by atoms with Gasteiger partial charge in [-0.25, -0.2) is 4.79 Å². The van der Waals surface area contributed by atoms with Crippen LogP contribution in [-0.4, -0.2) is 17.8 Å². The van der Waals surface area contributed by atoms with Gasteiger partial charge in [0.25, 0.3) is 0 Å². The number of anilines is 1. The molecule has 138 valence electrons. The zero-order valence-corrected chi connectivity index (χ0v) is 15.1. The van der Waals surface area contributed by atoms with Crippen LogP contribution in [0.5, 0.6) is 5.75 Å². The molecule has 1 aliphatic carbocycles. The van der Waals surface area contributed by atoms with Crippen molar-refractivity contribution in [3.05, 3.63) is 60.2 Å². The number of esters is 1. The molecule has 1 saturated heterocycles. The zero-order chi connectivity index (χ0) is 19.0. The third-order valence-electron chi connectivity index (χ3n) is 5.50. The van der Waals surface area contributed by atoms with Crippen LogP contribution >= 0.6 is 0 Å². The number of ether oxygens (including phenoxy) is 1. The lowest BCUT2D eigenvalue weighted by atomic mass is 9.76. The largest absolute Gasteiger partial charge is 0.423 e. The maximum atomic E-state index is 12.8. The van der Waals surface area contributed by atoms with Gasteiger partial charge in [0.2, 0.25) is 11.8 Å². The third-order valence-corrected chi connectivity index (χ3v) is 5.50. The van der Waals surface area contributed by atoms with E-state index in [2.05, 4.69) is 6.92 Å². The molecule has 0 bridgehead atoms. The number of carbonyl (C=O) groups excluding carboxylic acids is 3. The first-order valence-electron chi connectivity index (χ1n) is 9.29. The summed E-state index contributed by atoms with van der Waals surface area (Å²) in [4.78, 5) is 39.0. The Labute approximate surface area is 157 Å². The Morgan fingerprint density at radius 3 is 2.30 bits per heavy atom. The number of hydrogen-bond acceptors (Lipinski definition) is 4. The van der Waals surface area contributed by atoms with Crippen molar-refractivity contribution in [2.24, 2.45) is 17.8 Å². The highest BCUT2D eigenvalue weighted by Crippen LogP contribution is 2.42. The fraction of sp³-hybridized carbons (Fsp3) is 0.318. The van der Waals surface area contributed by atoms with Crippen LogP contribution in [0.25, 0.3) is 0 Å². The van der Waals surface area contributed by atoms with Crippen LogP contribution < -0.4 is 9.64 Å². The lowest BCUT2D eigenvalue weighted by Crippen LogP contribution is -2.30. The number of benzene rings is 2. The highest BCUT2D eigenvalue weighted by Gasteiger charge is 2.49. The van der Waals surface area contributed by atoms with Gasteiger partial charge in [0.05, 0.1) is 23.1 Å². The van der Waals surface area contributed by atoms with E-state index in [4.69, 9.17) is 4.74 Å². The van der Waals surface area contributed by atoms with E-state index in [1.165, 1.54) is 4.90 Å². The predicted octanol–water partition coefficient (Wildman–Crippen LogP) is 3.83. The summed E-state index contributed by atoms with van der Waals surface area (Å²) in [5.74, 6) is -0.171.